The van der Waals surface area contributed by atoms with Crippen molar-refractivity contribution in [3.05, 3.63) is 384 Å². The van der Waals surface area contributed by atoms with Crippen LogP contribution < -0.4 is 0 Å². The molecule has 0 bridgehead atoms. The first kappa shape index (κ1) is 58.5. The normalized spacial score (nSPS) is 14.5. The topological polar surface area (TPSA) is 77.3 Å². The molecule has 2 aliphatic heterocycles. The molecule has 102 heavy (non-hydrogen) atoms. The molecule has 1 unspecified atom stereocenters. The summed E-state index contributed by atoms with van der Waals surface area (Å²) in [5, 5.41) is 4.34. The van der Waals surface area contributed by atoms with Gasteiger partial charge in [-0.25, -0.2) is 29.9 Å². The summed E-state index contributed by atoms with van der Waals surface area (Å²) < 4.78 is 0. The summed E-state index contributed by atoms with van der Waals surface area (Å²) in [5.41, 5.74) is 23.9. The van der Waals surface area contributed by atoms with Gasteiger partial charge in [0.25, 0.3) is 0 Å². The number of benzene rings is 15. The number of hydrogen-bond acceptors (Lipinski definition) is 8. The van der Waals surface area contributed by atoms with Crippen LogP contribution in [0.25, 0.3) is 134 Å². The average molecular weight is 1330 g/mol. The quantitative estimate of drug-likeness (QED) is 0.149. The van der Waals surface area contributed by atoms with E-state index in [0.717, 1.165) is 87.0 Å². The van der Waals surface area contributed by atoms with Gasteiger partial charge in [-0.1, -0.05) is 339 Å². The molecule has 0 saturated carbocycles. The predicted octanol–water partition coefficient (Wildman–Crippen LogP) is 23.4. The predicted molar refractivity (Wildman–Crippen MR) is 415 cm³/mol. The first-order valence-electron chi connectivity index (χ1n) is 34.6. The van der Waals surface area contributed by atoms with Crippen LogP contribution in [0.5, 0.6) is 0 Å². The fraction of sp³-hybridized carbons (Fsp3) is 0.0213. The highest BCUT2D eigenvalue weighted by atomic mass is 32.2. The van der Waals surface area contributed by atoms with Gasteiger partial charge < -0.3 is 0 Å². The van der Waals surface area contributed by atoms with Crippen molar-refractivity contribution in [2.75, 3.05) is 0 Å². The minimum atomic E-state index is -0.708. The number of hydrogen-bond donors (Lipinski definition) is 0. The van der Waals surface area contributed by atoms with E-state index >= 15 is 0 Å². The van der Waals surface area contributed by atoms with Gasteiger partial charge in [-0.2, -0.15) is 0 Å². The number of rotatable bonds is 8. The molecule has 2 spiro atoms. The molecular weight excluding hydrogens is 1280 g/mol. The molecule has 2 aliphatic carbocycles. The largest absolute Gasteiger partial charge is 0.208 e. The Morgan fingerprint density at radius 2 is 0.559 bits per heavy atom. The fourth-order valence-electron chi connectivity index (χ4n) is 17.1. The van der Waals surface area contributed by atoms with E-state index in [0.29, 0.717) is 34.9 Å². The zero-order chi connectivity index (χ0) is 67.0. The number of nitrogens with zero attached hydrogens (tertiary/aromatic N) is 6. The van der Waals surface area contributed by atoms with E-state index in [1.54, 1.807) is 0 Å². The van der Waals surface area contributed by atoms with E-state index in [4.69, 9.17) is 29.9 Å². The van der Waals surface area contributed by atoms with E-state index in [9.17, 15) is 0 Å². The van der Waals surface area contributed by atoms with Crippen LogP contribution in [0.3, 0.4) is 0 Å². The SMILES string of the molecule is c1ccc(-c2nc(-c3cccc4c3Sc3ccccc3C43c4ccccc4-c4ccccc43)nc(-c3cccc4cc(-c5cccc6c5-c5ccccc5C65c6ccccc6Sc6c(-c7nc(-c8ccccc8)nc(-c8ccc(-c9ccccc9)c9ccccc89)n7)cccc65)ccc34)n2)cc1. The second-order valence-electron chi connectivity index (χ2n) is 26.6. The first-order valence-corrected chi connectivity index (χ1v) is 36.2. The van der Waals surface area contributed by atoms with Crippen LogP contribution in [0.1, 0.15) is 44.5 Å². The second-order valence-corrected chi connectivity index (χ2v) is 28.7. The highest BCUT2D eigenvalue weighted by Crippen LogP contribution is 2.66. The summed E-state index contributed by atoms with van der Waals surface area (Å²) >= 11 is 3.62. The Bertz CT molecular complexity index is 6310. The van der Waals surface area contributed by atoms with Gasteiger partial charge in [-0.15, -0.1) is 0 Å². The van der Waals surface area contributed by atoms with Crippen molar-refractivity contribution in [3.8, 4) is 113 Å². The van der Waals surface area contributed by atoms with Crippen LogP contribution in [0.2, 0.25) is 0 Å². The van der Waals surface area contributed by atoms with Gasteiger partial charge in [0.15, 0.2) is 34.9 Å². The molecule has 0 radical (unpaired) electrons. The van der Waals surface area contributed by atoms with Crippen molar-refractivity contribution in [3.63, 3.8) is 0 Å². The summed E-state index contributed by atoms with van der Waals surface area (Å²) in [4.78, 5) is 37.5. The summed E-state index contributed by atoms with van der Waals surface area (Å²) in [7, 11) is 0. The molecule has 21 rings (SSSR count). The Kier molecular flexibility index (Phi) is 13.2. The average Bonchev–Trinajstić information content (AvgIpc) is 1.50. The lowest BCUT2D eigenvalue weighted by Crippen LogP contribution is -2.32. The third-order valence-electron chi connectivity index (χ3n) is 21.4. The second kappa shape index (κ2) is 23.1. The van der Waals surface area contributed by atoms with Gasteiger partial charge in [0, 0.05) is 53.0 Å². The maximum Gasteiger partial charge on any atom is 0.165 e. The molecule has 0 amide bonds. The summed E-state index contributed by atoms with van der Waals surface area (Å²) in [6.07, 6.45) is 0. The van der Waals surface area contributed by atoms with Crippen molar-refractivity contribution < 1.29 is 0 Å². The highest BCUT2D eigenvalue weighted by Gasteiger charge is 2.53. The summed E-state index contributed by atoms with van der Waals surface area (Å²) in [5.74, 6) is 3.71. The Balaban J connectivity index is 0.714. The third-order valence-corrected chi connectivity index (χ3v) is 23.8. The molecule has 8 heteroatoms. The van der Waals surface area contributed by atoms with E-state index in [1.807, 2.05) is 47.8 Å². The zero-order valence-corrected chi connectivity index (χ0v) is 56.5. The van der Waals surface area contributed by atoms with Gasteiger partial charge in [-0.05, 0) is 135 Å². The van der Waals surface area contributed by atoms with Crippen LogP contribution in [-0.2, 0) is 10.8 Å². The summed E-state index contributed by atoms with van der Waals surface area (Å²) in [6, 6.07) is 123. The minimum Gasteiger partial charge on any atom is -0.208 e. The molecule has 0 N–H and O–H groups in total. The smallest absolute Gasteiger partial charge is 0.165 e. The third kappa shape index (κ3) is 8.64. The number of fused-ring (bicyclic) bond motifs is 20. The van der Waals surface area contributed by atoms with Crippen molar-refractivity contribution in [1.29, 1.82) is 0 Å². The highest BCUT2D eigenvalue weighted by molar-refractivity contribution is 8.00. The van der Waals surface area contributed by atoms with Crippen LogP contribution in [0.15, 0.2) is 359 Å². The monoisotopic (exact) mass is 1330 g/mol. The van der Waals surface area contributed by atoms with Crippen LogP contribution >= 0.6 is 23.5 Å². The molecule has 2 aromatic heterocycles. The van der Waals surface area contributed by atoms with E-state index in [2.05, 4.69) is 315 Å². The Labute approximate surface area is 598 Å². The Morgan fingerprint density at radius 1 is 0.196 bits per heavy atom. The number of aromatic nitrogens is 6. The van der Waals surface area contributed by atoms with E-state index in [-0.39, 0.29) is 0 Å². The molecule has 1 atom stereocenters. The van der Waals surface area contributed by atoms with E-state index in [1.165, 1.54) is 76.6 Å². The summed E-state index contributed by atoms with van der Waals surface area (Å²) in [6.45, 7) is 0. The molecular formula is C94H56N6S2. The lowest BCUT2D eigenvalue weighted by atomic mass is 9.67. The molecule has 4 heterocycles. The maximum absolute atomic E-state index is 5.59. The van der Waals surface area contributed by atoms with Gasteiger partial charge >= 0.3 is 0 Å². The Morgan fingerprint density at radius 3 is 1.12 bits per heavy atom. The van der Waals surface area contributed by atoms with Gasteiger partial charge in [0.05, 0.1) is 10.8 Å². The lowest BCUT2D eigenvalue weighted by molar-refractivity contribution is 0.722. The molecule has 17 aromatic rings. The van der Waals surface area contributed by atoms with Crippen molar-refractivity contribution in [1.82, 2.24) is 29.9 Å². The van der Waals surface area contributed by atoms with Gasteiger partial charge in [0.1, 0.15) is 0 Å². The van der Waals surface area contributed by atoms with Gasteiger partial charge in [-0.3, -0.25) is 0 Å². The van der Waals surface area contributed by atoms with Crippen molar-refractivity contribution in [2.45, 2.75) is 30.4 Å². The molecule has 15 aromatic carbocycles. The Hall–Kier alpha value is -12.5. The van der Waals surface area contributed by atoms with Crippen LogP contribution in [0.4, 0.5) is 0 Å². The lowest BCUT2D eigenvalue weighted by Gasteiger charge is -2.40. The maximum atomic E-state index is 5.59. The standard InChI is InChI=1S/C94H56N6S2/c1-4-26-57(27-5-1)62-54-55-70(66-34-11-10-33-65(62)66)90-96-88(59-30-8-3-9-31-59)98-92(100-90)73-41-25-49-81-86(73)102-83-51-21-19-46-78(83)94(81)76-44-17-14-37-71(76)84-64(38-23-47-79(84)94)61-52-53-63-60(56-61)32-22-39-69(63)89-95-87(58-28-6-2-7-29-58)97-91(99-89)72-40-24-48-80-85(72)101-82-50-20-18-45-77(82)93(80)74-42-15-12-35-67(74)68-36-13-16-43-75(68)93/h1-56H. The molecule has 474 valence electrons. The van der Waals surface area contributed by atoms with Crippen molar-refractivity contribution >= 4 is 45.1 Å². The zero-order valence-electron chi connectivity index (χ0n) is 54.8. The van der Waals surface area contributed by atoms with Crippen LogP contribution in [-0.4, -0.2) is 29.9 Å². The fourth-order valence-corrected chi connectivity index (χ4v) is 19.7. The molecule has 0 saturated heterocycles. The van der Waals surface area contributed by atoms with Crippen molar-refractivity contribution in [2.24, 2.45) is 0 Å². The molecule has 6 nitrogen and oxygen atoms in total. The molecule has 4 aliphatic rings. The van der Waals surface area contributed by atoms with Crippen LogP contribution in [0, 0.1) is 0 Å². The minimum absolute atomic E-state index is 0.551. The molecule has 0 fully saturated rings. The van der Waals surface area contributed by atoms with E-state index < -0.39 is 10.8 Å². The van der Waals surface area contributed by atoms with Gasteiger partial charge in [0.2, 0.25) is 0 Å². The first-order chi connectivity index (χ1) is 50.6.